The Hall–Kier alpha value is -4.22. The van der Waals surface area contributed by atoms with E-state index in [1.165, 1.54) is 24.5 Å². The molecule has 0 spiro atoms. The lowest BCUT2D eigenvalue weighted by molar-refractivity contribution is -0.323. The first kappa shape index (κ1) is 32.2. The Kier molecular flexibility index (Phi) is 9.31. The Morgan fingerprint density at radius 2 is 1.78 bits per heavy atom. The summed E-state index contributed by atoms with van der Waals surface area (Å²) in [4.78, 5) is 47.8. The number of aromatic nitrogens is 3. The van der Waals surface area contributed by atoms with Crippen molar-refractivity contribution >= 4 is 46.3 Å². The van der Waals surface area contributed by atoms with E-state index in [2.05, 4.69) is 44.8 Å². The number of anilines is 3. The molecule has 1 aromatic carbocycles. The SMILES string of the molecule is COc1c(Nc2cc(NC(=O)C3CC3)nnc2C(=O)NC(O)(O)O)cccc1-c1nc(C)c(C(=O)N2CCC(N(C)C)CC2)s1. The molecule has 0 radical (unpaired) electrons. The van der Waals surface area contributed by atoms with E-state index >= 15 is 0 Å². The van der Waals surface area contributed by atoms with E-state index in [4.69, 9.17) is 4.74 Å². The molecule has 2 fully saturated rings. The molecule has 0 bridgehead atoms. The van der Waals surface area contributed by atoms with Gasteiger partial charge < -0.3 is 40.5 Å². The van der Waals surface area contributed by atoms with Crippen LogP contribution in [-0.4, -0.2) is 104 Å². The molecule has 0 unspecified atom stereocenters. The summed E-state index contributed by atoms with van der Waals surface area (Å²) in [5.74, 6) is -1.19. The number of aryl methyl sites for hydroxylation is 1. The molecule has 1 saturated heterocycles. The van der Waals surface area contributed by atoms with Gasteiger partial charge in [-0.05, 0) is 58.8 Å². The zero-order valence-corrected chi connectivity index (χ0v) is 26.1. The number of benzene rings is 1. The summed E-state index contributed by atoms with van der Waals surface area (Å²) in [6, 6.07) is 6.98. The van der Waals surface area contributed by atoms with Crippen LogP contribution >= 0.6 is 11.3 Å². The number of hydrogen-bond donors (Lipinski definition) is 6. The van der Waals surface area contributed by atoms with E-state index in [1.807, 2.05) is 4.90 Å². The van der Waals surface area contributed by atoms with Gasteiger partial charge >= 0.3 is 6.10 Å². The molecule has 3 amide bonds. The number of nitrogens with one attached hydrogen (secondary N) is 3. The number of hydrogen-bond acceptors (Lipinski definition) is 13. The van der Waals surface area contributed by atoms with Gasteiger partial charge in [0, 0.05) is 31.1 Å². The van der Waals surface area contributed by atoms with Crippen LogP contribution in [0.4, 0.5) is 17.2 Å². The molecule has 6 N–H and O–H groups in total. The second kappa shape index (κ2) is 13.0. The second-order valence-corrected chi connectivity index (χ2v) is 12.3. The van der Waals surface area contributed by atoms with E-state index in [0.29, 0.717) is 51.7 Å². The summed E-state index contributed by atoms with van der Waals surface area (Å²) in [5.41, 5.74) is 1.15. The van der Waals surface area contributed by atoms with Crippen molar-refractivity contribution in [2.75, 3.05) is 44.9 Å². The van der Waals surface area contributed by atoms with Crippen LogP contribution in [0, 0.1) is 12.8 Å². The minimum Gasteiger partial charge on any atom is -0.494 e. The molecule has 1 saturated carbocycles. The Morgan fingerprint density at radius 1 is 1.07 bits per heavy atom. The lowest BCUT2D eigenvalue weighted by Gasteiger charge is -2.35. The third-order valence-corrected chi connectivity index (χ3v) is 8.86. The van der Waals surface area contributed by atoms with Gasteiger partial charge in [-0.2, -0.15) is 0 Å². The maximum absolute atomic E-state index is 13.5. The summed E-state index contributed by atoms with van der Waals surface area (Å²) in [7, 11) is 5.56. The smallest absolute Gasteiger partial charge is 0.369 e. The summed E-state index contributed by atoms with van der Waals surface area (Å²) >= 11 is 1.26. The van der Waals surface area contributed by atoms with Crippen molar-refractivity contribution in [3.63, 3.8) is 0 Å². The number of thiazole rings is 1. The van der Waals surface area contributed by atoms with Crippen LogP contribution in [0.2, 0.25) is 0 Å². The summed E-state index contributed by atoms with van der Waals surface area (Å²) in [6.07, 6.45) is -0.183. The largest absolute Gasteiger partial charge is 0.494 e. The molecule has 240 valence electrons. The minimum absolute atomic E-state index is 0.0145. The highest BCUT2D eigenvalue weighted by Gasteiger charge is 2.31. The molecule has 5 rings (SSSR count). The van der Waals surface area contributed by atoms with Gasteiger partial charge in [0.05, 0.1) is 29.7 Å². The fraction of sp³-hybridized carbons (Fsp3) is 0.448. The van der Waals surface area contributed by atoms with Crippen molar-refractivity contribution in [3.8, 4) is 16.3 Å². The number of piperidine rings is 1. The van der Waals surface area contributed by atoms with Gasteiger partial charge in [-0.3, -0.25) is 19.7 Å². The van der Waals surface area contributed by atoms with Crippen molar-refractivity contribution in [2.24, 2.45) is 5.92 Å². The minimum atomic E-state index is -3.51. The van der Waals surface area contributed by atoms with E-state index in [0.717, 1.165) is 25.7 Å². The van der Waals surface area contributed by atoms with Gasteiger partial charge in [-0.1, -0.05) is 6.07 Å². The van der Waals surface area contributed by atoms with Crippen LogP contribution in [-0.2, 0) is 4.79 Å². The van der Waals surface area contributed by atoms with Gasteiger partial charge in [0.25, 0.3) is 11.8 Å². The molecule has 15 nitrogen and oxygen atoms in total. The first-order valence-electron chi connectivity index (χ1n) is 14.4. The second-order valence-electron chi connectivity index (χ2n) is 11.3. The number of carbonyl (C=O) groups is 3. The monoisotopic (exact) mass is 640 g/mol. The van der Waals surface area contributed by atoms with Crippen LogP contribution in [0.1, 0.15) is 51.5 Å². The normalized spacial score (nSPS) is 15.6. The molecule has 3 heterocycles. The molecule has 45 heavy (non-hydrogen) atoms. The number of methoxy groups -OCH3 is 1. The van der Waals surface area contributed by atoms with Crippen molar-refractivity contribution in [1.82, 2.24) is 30.3 Å². The Bertz CT molecular complexity index is 1590. The molecule has 2 aliphatic rings. The quantitative estimate of drug-likeness (QED) is 0.175. The molecule has 1 aliphatic carbocycles. The average molecular weight is 641 g/mol. The van der Waals surface area contributed by atoms with Crippen LogP contribution in [0.3, 0.4) is 0 Å². The van der Waals surface area contributed by atoms with Crippen molar-refractivity contribution < 1.29 is 34.4 Å². The van der Waals surface area contributed by atoms with Crippen LogP contribution in [0.25, 0.3) is 10.6 Å². The van der Waals surface area contributed by atoms with Crippen molar-refractivity contribution in [1.29, 1.82) is 0 Å². The predicted molar refractivity (Wildman–Crippen MR) is 165 cm³/mol. The first-order valence-corrected chi connectivity index (χ1v) is 15.2. The third-order valence-electron chi connectivity index (χ3n) is 7.68. The molecular weight excluding hydrogens is 604 g/mol. The number of carbonyl (C=O) groups excluding carboxylic acids is 3. The fourth-order valence-corrected chi connectivity index (χ4v) is 6.17. The van der Waals surface area contributed by atoms with Gasteiger partial charge in [-0.25, -0.2) is 4.98 Å². The fourth-order valence-electron chi connectivity index (χ4n) is 5.11. The zero-order valence-electron chi connectivity index (χ0n) is 25.3. The number of aliphatic hydroxyl groups is 3. The Labute approximate surface area is 263 Å². The van der Waals surface area contributed by atoms with Gasteiger partial charge in [0.15, 0.2) is 17.3 Å². The number of rotatable bonds is 10. The third kappa shape index (κ3) is 7.54. The van der Waals surface area contributed by atoms with Crippen molar-refractivity contribution in [3.05, 3.63) is 40.5 Å². The highest BCUT2D eigenvalue weighted by molar-refractivity contribution is 7.17. The number of amides is 3. The highest BCUT2D eigenvalue weighted by Crippen LogP contribution is 2.41. The standard InChI is InChI=1S/C29H36N8O7S/c1-15-24(28(40)37-12-10-17(11-13-37)36(2)3)45-27(30-15)18-6-5-7-19(23(18)44-4)31-20-14-21(32-25(38)16-8-9-16)34-35-22(20)26(39)33-29(41,42)43/h5-7,14,16-17,41-43H,8-13H2,1-4H3,(H,33,39)(H2,31,32,34,38). The van der Waals surface area contributed by atoms with Crippen LogP contribution < -0.4 is 20.7 Å². The molecule has 16 heteroatoms. The number of ether oxygens (including phenoxy) is 1. The molecule has 1 aliphatic heterocycles. The number of nitrogens with zero attached hydrogens (tertiary/aromatic N) is 5. The average Bonchev–Trinajstić information content (AvgIpc) is 3.77. The van der Waals surface area contributed by atoms with Gasteiger partial charge in [0.1, 0.15) is 9.88 Å². The highest BCUT2D eigenvalue weighted by atomic mass is 32.1. The van der Waals surface area contributed by atoms with Crippen molar-refractivity contribution in [2.45, 2.75) is 44.7 Å². The number of para-hydroxylation sites is 1. The zero-order chi connectivity index (χ0) is 32.5. The van der Waals surface area contributed by atoms with Crippen LogP contribution in [0.5, 0.6) is 5.75 Å². The van der Waals surface area contributed by atoms with E-state index in [1.54, 1.807) is 30.4 Å². The first-order chi connectivity index (χ1) is 21.3. The molecule has 0 atom stereocenters. The molecule has 2 aromatic heterocycles. The van der Waals surface area contributed by atoms with Gasteiger partial charge in [0.2, 0.25) is 5.91 Å². The predicted octanol–water partition coefficient (Wildman–Crippen LogP) is 1.49. The van der Waals surface area contributed by atoms with E-state index in [9.17, 15) is 29.7 Å². The molecular formula is C29H36N8O7S. The summed E-state index contributed by atoms with van der Waals surface area (Å²) in [6.45, 7) is 3.13. The van der Waals surface area contributed by atoms with E-state index in [-0.39, 0.29) is 29.2 Å². The number of likely N-dealkylation sites (tertiary alicyclic amines) is 1. The maximum atomic E-state index is 13.5. The summed E-state index contributed by atoms with van der Waals surface area (Å²) < 4.78 is 5.76. The van der Waals surface area contributed by atoms with E-state index < -0.39 is 17.7 Å². The molecule has 3 aromatic rings. The maximum Gasteiger partial charge on any atom is 0.369 e. The summed E-state index contributed by atoms with van der Waals surface area (Å²) in [5, 5.41) is 43.4. The lowest BCUT2D eigenvalue weighted by Crippen LogP contribution is -2.48. The lowest BCUT2D eigenvalue weighted by atomic mass is 10.0. The Balaban J connectivity index is 1.44. The van der Waals surface area contributed by atoms with Gasteiger partial charge in [-0.15, -0.1) is 21.5 Å². The van der Waals surface area contributed by atoms with Crippen LogP contribution in [0.15, 0.2) is 24.3 Å². The topological polar surface area (TPSA) is 202 Å². The Morgan fingerprint density at radius 3 is 2.40 bits per heavy atom.